The third-order valence-corrected chi connectivity index (χ3v) is 7.19. The van der Waals surface area contributed by atoms with E-state index in [4.69, 9.17) is 4.74 Å². The van der Waals surface area contributed by atoms with Crippen LogP contribution in [-0.4, -0.2) is 26.1 Å². The number of ether oxygens (including phenoxy) is 1. The number of benzene rings is 2. The highest BCUT2D eigenvalue weighted by Gasteiger charge is 2.41. The number of hydrogen-bond donors (Lipinski definition) is 1. The van der Waals surface area contributed by atoms with Gasteiger partial charge in [-0.3, -0.25) is 4.79 Å². The standard InChI is InChI=1S/C25H29F3N2O2/c1-24-12-4-3-5-19(24)16-30(14-13-24)22-11-8-18(25(26,27)28)15-21(22)29-23(31)17-6-9-20(32-2)10-7-17/h6-11,15,19H,3-5,12-14,16H2,1-2H3,(H,29,31)/t19?,24-/m0/s1. The van der Waals surface area contributed by atoms with Gasteiger partial charge in [0.25, 0.3) is 5.91 Å². The molecule has 32 heavy (non-hydrogen) atoms. The van der Waals surface area contributed by atoms with Gasteiger partial charge in [0.1, 0.15) is 5.75 Å². The molecule has 1 unspecified atom stereocenters. The highest BCUT2D eigenvalue weighted by Crippen LogP contribution is 2.48. The van der Waals surface area contributed by atoms with Crippen molar-refractivity contribution in [3.63, 3.8) is 0 Å². The van der Waals surface area contributed by atoms with Gasteiger partial charge in [-0.05, 0) is 73.1 Å². The lowest BCUT2D eigenvalue weighted by Gasteiger charge is -2.49. The van der Waals surface area contributed by atoms with Gasteiger partial charge < -0.3 is 15.0 Å². The smallest absolute Gasteiger partial charge is 0.416 e. The number of alkyl halides is 3. The molecule has 1 aliphatic heterocycles. The summed E-state index contributed by atoms with van der Waals surface area (Å²) in [6.07, 6.45) is 1.31. The highest BCUT2D eigenvalue weighted by atomic mass is 19.4. The average molecular weight is 447 g/mol. The van der Waals surface area contributed by atoms with Crippen LogP contribution in [0.2, 0.25) is 0 Å². The molecule has 2 aliphatic rings. The Kier molecular flexibility index (Phi) is 6.10. The van der Waals surface area contributed by atoms with Crippen molar-refractivity contribution in [2.45, 2.75) is 45.2 Å². The fraction of sp³-hybridized carbons (Fsp3) is 0.480. The normalized spacial score (nSPS) is 23.4. The molecule has 4 nitrogen and oxygen atoms in total. The zero-order valence-electron chi connectivity index (χ0n) is 18.5. The van der Waals surface area contributed by atoms with Gasteiger partial charge in [0.2, 0.25) is 0 Å². The second-order valence-corrected chi connectivity index (χ2v) is 9.21. The van der Waals surface area contributed by atoms with Crippen molar-refractivity contribution in [3.8, 4) is 5.75 Å². The van der Waals surface area contributed by atoms with E-state index in [1.54, 1.807) is 24.3 Å². The number of rotatable bonds is 4. The summed E-state index contributed by atoms with van der Waals surface area (Å²) >= 11 is 0. The monoisotopic (exact) mass is 446 g/mol. The number of amides is 1. The van der Waals surface area contributed by atoms with Crippen molar-refractivity contribution in [3.05, 3.63) is 53.6 Å². The lowest BCUT2D eigenvalue weighted by atomic mass is 9.64. The first-order valence-electron chi connectivity index (χ1n) is 11.1. The van der Waals surface area contributed by atoms with Crippen molar-refractivity contribution in [2.24, 2.45) is 11.3 Å². The van der Waals surface area contributed by atoms with Gasteiger partial charge in [-0.1, -0.05) is 19.8 Å². The number of nitrogens with one attached hydrogen (secondary N) is 1. The van der Waals surface area contributed by atoms with Crippen molar-refractivity contribution in [1.82, 2.24) is 0 Å². The van der Waals surface area contributed by atoms with E-state index in [-0.39, 0.29) is 5.69 Å². The second-order valence-electron chi connectivity index (χ2n) is 9.21. The van der Waals surface area contributed by atoms with Crippen LogP contribution in [0.25, 0.3) is 0 Å². The maximum Gasteiger partial charge on any atom is 0.416 e. The Bertz CT molecular complexity index is 974. The number of nitrogens with zero attached hydrogens (tertiary/aromatic N) is 1. The molecule has 172 valence electrons. The first kappa shape index (κ1) is 22.5. The van der Waals surface area contributed by atoms with Gasteiger partial charge >= 0.3 is 6.18 Å². The third-order valence-electron chi connectivity index (χ3n) is 7.19. The molecule has 2 aromatic rings. The molecule has 0 aromatic heterocycles. The quantitative estimate of drug-likeness (QED) is 0.593. The summed E-state index contributed by atoms with van der Waals surface area (Å²) in [5, 5.41) is 2.73. The Labute approximate surface area is 186 Å². The SMILES string of the molecule is COc1ccc(C(=O)Nc2cc(C(F)(F)F)ccc2N2CC[C@]3(C)CCCCC3C2)cc1. The van der Waals surface area contributed by atoms with Crippen LogP contribution in [0.15, 0.2) is 42.5 Å². The van der Waals surface area contributed by atoms with E-state index in [0.717, 1.165) is 38.1 Å². The Morgan fingerprint density at radius 2 is 1.88 bits per heavy atom. The summed E-state index contributed by atoms with van der Waals surface area (Å²) in [5.41, 5.74) is 0.721. The predicted octanol–water partition coefficient (Wildman–Crippen LogP) is 6.37. The lowest BCUT2D eigenvalue weighted by molar-refractivity contribution is -0.137. The van der Waals surface area contributed by atoms with Gasteiger partial charge in [-0.25, -0.2) is 0 Å². The van der Waals surface area contributed by atoms with Gasteiger partial charge in [0.05, 0.1) is 24.0 Å². The zero-order chi connectivity index (χ0) is 22.9. The van der Waals surface area contributed by atoms with Gasteiger partial charge in [0.15, 0.2) is 0 Å². The number of fused-ring (bicyclic) bond motifs is 1. The number of halogens is 3. The van der Waals surface area contributed by atoms with Crippen LogP contribution in [0.1, 0.15) is 54.9 Å². The minimum absolute atomic E-state index is 0.194. The van der Waals surface area contributed by atoms with Crippen LogP contribution in [0, 0.1) is 11.3 Å². The van der Waals surface area contributed by atoms with Crippen LogP contribution in [0.4, 0.5) is 24.5 Å². The molecule has 4 rings (SSSR count). The summed E-state index contributed by atoms with van der Waals surface area (Å²) in [6.45, 7) is 3.91. The van der Waals surface area contributed by atoms with Crippen LogP contribution >= 0.6 is 0 Å². The minimum Gasteiger partial charge on any atom is -0.497 e. The van der Waals surface area contributed by atoms with E-state index in [9.17, 15) is 18.0 Å². The summed E-state index contributed by atoms with van der Waals surface area (Å²) in [4.78, 5) is 15.0. The van der Waals surface area contributed by atoms with E-state index in [1.165, 1.54) is 32.4 Å². The molecule has 2 atom stereocenters. The Morgan fingerprint density at radius 1 is 1.12 bits per heavy atom. The summed E-state index contributed by atoms with van der Waals surface area (Å²) in [7, 11) is 1.53. The minimum atomic E-state index is -4.48. The third kappa shape index (κ3) is 4.57. The van der Waals surface area contributed by atoms with E-state index in [2.05, 4.69) is 17.1 Å². The molecule has 0 bridgehead atoms. The van der Waals surface area contributed by atoms with Crippen LogP contribution in [0.5, 0.6) is 5.75 Å². The Balaban J connectivity index is 1.62. The predicted molar refractivity (Wildman–Crippen MR) is 119 cm³/mol. The lowest BCUT2D eigenvalue weighted by Crippen LogP contribution is -2.47. The molecule has 1 aliphatic carbocycles. The molecule has 2 fully saturated rings. The zero-order valence-corrected chi connectivity index (χ0v) is 18.5. The molecule has 1 heterocycles. The van der Waals surface area contributed by atoms with Crippen LogP contribution in [0.3, 0.4) is 0 Å². The maximum atomic E-state index is 13.4. The van der Waals surface area contributed by atoms with Crippen LogP contribution < -0.4 is 15.0 Å². The summed E-state index contributed by atoms with van der Waals surface area (Å²) in [6, 6.07) is 10.1. The molecule has 0 radical (unpaired) electrons. The first-order valence-corrected chi connectivity index (χ1v) is 11.1. The summed E-state index contributed by atoms with van der Waals surface area (Å²) < 4.78 is 45.4. The fourth-order valence-electron chi connectivity index (χ4n) is 5.10. The van der Waals surface area contributed by atoms with Crippen molar-refractivity contribution >= 4 is 17.3 Å². The van der Waals surface area contributed by atoms with Crippen molar-refractivity contribution < 1.29 is 22.7 Å². The summed E-state index contributed by atoms with van der Waals surface area (Å²) in [5.74, 6) is 0.662. The molecule has 1 amide bonds. The molecule has 1 saturated carbocycles. The topological polar surface area (TPSA) is 41.6 Å². The molecular weight excluding hydrogens is 417 g/mol. The number of hydrogen-bond acceptors (Lipinski definition) is 3. The first-order chi connectivity index (χ1) is 15.2. The molecule has 2 aromatic carbocycles. The number of piperidine rings is 1. The van der Waals surface area contributed by atoms with Gasteiger partial charge in [-0.15, -0.1) is 0 Å². The number of anilines is 2. The molecular formula is C25H29F3N2O2. The van der Waals surface area contributed by atoms with Crippen LogP contribution in [-0.2, 0) is 6.18 Å². The molecule has 0 spiro atoms. The second kappa shape index (κ2) is 8.68. The van der Waals surface area contributed by atoms with E-state index >= 15 is 0 Å². The molecule has 1 N–H and O–H groups in total. The Hall–Kier alpha value is -2.70. The fourth-order valence-corrected chi connectivity index (χ4v) is 5.10. The number of carbonyl (C=O) groups excluding carboxylic acids is 1. The van der Waals surface area contributed by atoms with E-state index < -0.39 is 17.6 Å². The number of methoxy groups -OCH3 is 1. The largest absolute Gasteiger partial charge is 0.497 e. The van der Waals surface area contributed by atoms with E-state index in [0.29, 0.717) is 28.3 Å². The molecule has 1 saturated heterocycles. The highest BCUT2D eigenvalue weighted by molar-refractivity contribution is 6.06. The van der Waals surface area contributed by atoms with Crippen molar-refractivity contribution in [1.29, 1.82) is 0 Å². The molecule has 7 heteroatoms. The van der Waals surface area contributed by atoms with Gasteiger partial charge in [-0.2, -0.15) is 13.2 Å². The Morgan fingerprint density at radius 3 is 2.56 bits per heavy atom. The number of carbonyl (C=O) groups is 1. The van der Waals surface area contributed by atoms with Gasteiger partial charge in [0, 0.05) is 18.7 Å². The van der Waals surface area contributed by atoms with E-state index in [1.807, 2.05) is 0 Å². The maximum absolute atomic E-state index is 13.4. The average Bonchev–Trinajstić information content (AvgIpc) is 2.78. The van der Waals surface area contributed by atoms with Crippen molar-refractivity contribution in [2.75, 3.05) is 30.4 Å².